The van der Waals surface area contributed by atoms with Crippen LogP contribution >= 0.6 is 0 Å². The van der Waals surface area contributed by atoms with Gasteiger partial charge in [-0.05, 0) is 23.3 Å². The largest absolute Gasteiger partial charge is 0.508 e. The fourth-order valence-electron chi connectivity index (χ4n) is 2.36. The van der Waals surface area contributed by atoms with E-state index in [2.05, 4.69) is 19.1 Å². The second kappa shape index (κ2) is 8.29. The fraction of sp³-hybridized carbons (Fsp3) is 0.400. The number of aromatic hydroxyl groups is 1. The van der Waals surface area contributed by atoms with Crippen molar-refractivity contribution in [1.82, 2.24) is 0 Å². The number of phenolic OH excluding ortho intramolecular Hbond substituents is 1. The minimum absolute atomic E-state index is 0.319. The van der Waals surface area contributed by atoms with Gasteiger partial charge >= 0.3 is 0 Å². The van der Waals surface area contributed by atoms with Gasteiger partial charge < -0.3 is 19.3 Å². The highest BCUT2D eigenvalue weighted by atomic mass is 16.6. The van der Waals surface area contributed by atoms with Crippen molar-refractivity contribution in [3.8, 4) is 5.75 Å². The molecule has 0 aromatic heterocycles. The van der Waals surface area contributed by atoms with Crippen LogP contribution in [-0.4, -0.2) is 43.7 Å². The van der Waals surface area contributed by atoms with Gasteiger partial charge in [-0.25, -0.2) is 0 Å². The van der Waals surface area contributed by atoms with Gasteiger partial charge in [-0.15, -0.1) is 0 Å². The Morgan fingerprint density at radius 1 is 0.917 bits per heavy atom. The van der Waals surface area contributed by atoms with Gasteiger partial charge in [0.15, 0.2) is 0 Å². The molecule has 128 valence electrons. The van der Waals surface area contributed by atoms with Crippen LogP contribution in [0.25, 0.3) is 0 Å². The molecule has 4 heteroatoms. The Balaban J connectivity index is 0.000000159. The Bertz CT molecular complexity index is 591. The monoisotopic (exact) mass is 328 g/mol. The number of benzene rings is 2. The van der Waals surface area contributed by atoms with E-state index in [9.17, 15) is 5.11 Å². The summed E-state index contributed by atoms with van der Waals surface area (Å²) in [4.78, 5) is 0. The molecule has 0 saturated carbocycles. The van der Waals surface area contributed by atoms with Crippen molar-refractivity contribution in [1.29, 1.82) is 0 Å². The molecule has 2 aliphatic heterocycles. The minimum atomic E-state index is 0.319. The van der Waals surface area contributed by atoms with Crippen LogP contribution in [0.5, 0.6) is 5.75 Å². The lowest BCUT2D eigenvalue weighted by Crippen LogP contribution is -2.06. The molecular weight excluding hydrogens is 304 g/mol. The Labute approximate surface area is 143 Å². The molecule has 3 unspecified atom stereocenters. The Hall–Kier alpha value is -1.88. The van der Waals surface area contributed by atoms with Crippen LogP contribution in [0.15, 0.2) is 54.6 Å². The summed E-state index contributed by atoms with van der Waals surface area (Å²) in [6, 6.07) is 17.8. The Morgan fingerprint density at radius 2 is 1.42 bits per heavy atom. The first kappa shape index (κ1) is 17.0. The molecule has 0 aliphatic carbocycles. The van der Waals surface area contributed by atoms with Gasteiger partial charge in [0, 0.05) is 5.92 Å². The molecule has 2 aliphatic rings. The molecule has 1 N–H and O–H groups in total. The second-order valence-corrected chi connectivity index (χ2v) is 6.17. The van der Waals surface area contributed by atoms with Crippen LogP contribution in [0.3, 0.4) is 0 Å². The summed E-state index contributed by atoms with van der Waals surface area (Å²) in [5.41, 5.74) is 2.52. The number of phenols is 1. The Kier molecular flexibility index (Phi) is 5.86. The van der Waals surface area contributed by atoms with Gasteiger partial charge in [0.25, 0.3) is 0 Å². The zero-order chi connectivity index (χ0) is 16.8. The zero-order valence-corrected chi connectivity index (χ0v) is 13.9. The lowest BCUT2D eigenvalue weighted by Gasteiger charge is -2.12. The van der Waals surface area contributed by atoms with Crippen molar-refractivity contribution in [3.63, 3.8) is 0 Å². The van der Waals surface area contributed by atoms with Gasteiger partial charge in [0.2, 0.25) is 0 Å². The number of ether oxygens (including phenoxy) is 3. The van der Waals surface area contributed by atoms with Crippen molar-refractivity contribution in [2.75, 3.05) is 26.4 Å². The minimum Gasteiger partial charge on any atom is -0.508 e. The van der Waals surface area contributed by atoms with Crippen LogP contribution in [0, 0.1) is 0 Å². The van der Waals surface area contributed by atoms with Gasteiger partial charge in [0.05, 0.1) is 26.4 Å². The second-order valence-electron chi connectivity index (χ2n) is 6.17. The van der Waals surface area contributed by atoms with Crippen LogP contribution in [0.1, 0.15) is 24.0 Å². The van der Waals surface area contributed by atoms with Crippen LogP contribution in [0.4, 0.5) is 0 Å². The smallest absolute Gasteiger partial charge is 0.115 e. The lowest BCUT2D eigenvalue weighted by atomic mass is 9.93. The molecule has 2 aromatic rings. The molecule has 0 amide bonds. The third-order valence-electron chi connectivity index (χ3n) is 4.10. The number of hydrogen-bond donors (Lipinski definition) is 1. The van der Waals surface area contributed by atoms with Crippen molar-refractivity contribution >= 4 is 0 Å². The SMILES string of the molecule is C(OCC1CO1)C1CO1.CC(c1ccccc1)c1ccc(O)cc1. The van der Waals surface area contributed by atoms with Crippen molar-refractivity contribution in [2.45, 2.75) is 25.0 Å². The number of epoxide rings is 2. The maximum Gasteiger partial charge on any atom is 0.115 e. The quantitative estimate of drug-likeness (QED) is 0.826. The predicted octanol–water partition coefficient (Wildman–Crippen LogP) is 3.34. The summed E-state index contributed by atoms with van der Waals surface area (Å²) in [5.74, 6) is 0.686. The zero-order valence-electron chi connectivity index (χ0n) is 13.9. The highest BCUT2D eigenvalue weighted by molar-refractivity contribution is 5.34. The molecule has 4 rings (SSSR count). The van der Waals surface area contributed by atoms with Crippen molar-refractivity contribution < 1.29 is 19.3 Å². The predicted molar refractivity (Wildman–Crippen MR) is 92.4 cm³/mol. The van der Waals surface area contributed by atoms with E-state index in [1.54, 1.807) is 12.1 Å². The third kappa shape index (κ3) is 5.64. The standard InChI is InChI=1S/C14H14O.C6H10O3/c1-11(12-5-3-2-4-6-12)13-7-9-14(15)10-8-13;1(5-3-8-5)7-2-6-4-9-6/h2-11,15H,1H3;5-6H,1-4H2. The summed E-state index contributed by atoms with van der Waals surface area (Å²) in [7, 11) is 0. The molecule has 3 atom stereocenters. The molecule has 0 spiro atoms. The molecule has 2 aromatic carbocycles. The van der Waals surface area contributed by atoms with Crippen LogP contribution in [-0.2, 0) is 14.2 Å². The highest BCUT2D eigenvalue weighted by Gasteiger charge is 2.26. The number of rotatable bonds is 6. The van der Waals surface area contributed by atoms with E-state index in [1.807, 2.05) is 30.3 Å². The van der Waals surface area contributed by atoms with E-state index in [4.69, 9.17) is 14.2 Å². The molecule has 2 saturated heterocycles. The molecular formula is C20H24O4. The maximum atomic E-state index is 9.21. The summed E-state index contributed by atoms with van der Waals surface area (Å²) in [5, 5.41) is 9.21. The number of hydrogen-bond acceptors (Lipinski definition) is 4. The highest BCUT2D eigenvalue weighted by Crippen LogP contribution is 2.24. The molecule has 2 heterocycles. The first-order valence-electron chi connectivity index (χ1n) is 8.37. The molecule has 2 fully saturated rings. The van der Waals surface area contributed by atoms with Crippen LogP contribution < -0.4 is 0 Å². The summed E-state index contributed by atoms with van der Waals surface area (Å²) in [6.45, 7) is 5.43. The summed E-state index contributed by atoms with van der Waals surface area (Å²) in [6.07, 6.45) is 0.785. The first-order chi connectivity index (χ1) is 11.7. The average molecular weight is 328 g/mol. The van der Waals surface area contributed by atoms with E-state index in [0.717, 1.165) is 26.4 Å². The van der Waals surface area contributed by atoms with E-state index >= 15 is 0 Å². The van der Waals surface area contributed by atoms with Gasteiger partial charge in [-0.2, -0.15) is 0 Å². The fourth-order valence-corrected chi connectivity index (χ4v) is 2.36. The topological polar surface area (TPSA) is 54.5 Å². The van der Waals surface area contributed by atoms with E-state index < -0.39 is 0 Å². The summed E-state index contributed by atoms with van der Waals surface area (Å²) >= 11 is 0. The average Bonchev–Trinajstić information content (AvgIpc) is 3.52. The van der Waals surface area contributed by atoms with Crippen LogP contribution in [0.2, 0.25) is 0 Å². The summed E-state index contributed by atoms with van der Waals surface area (Å²) < 4.78 is 15.1. The molecule has 24 heavy (non-hydrogen) atoms. The Morgan fingerprint density at radius 3 is 1.92 bits per heavy atom. The molecule has 0 bridgehead atoms. The maximum absolute atomic E-state index is 9.21. The first-order valence-corrected chi connectivity index (χ1v) is 8.37. The van der Waals surface area contributed by atoms with E-state index in [1.165, 1.54) is 11.1 Å². The van der Waals surface area contributed by atoms with Crippen molar-refractivity contribution in [2.24, 2.45) is 0 Å². The van der Waals surface area contributed by atoms with Gasteiger partial charge in [-0.1, -0.05) is 49.4 Å². The van der Waals surface area contributed by atoms with Crippen molar-refractivity contribution in [3.05, 3.63) is 65.7 Å². The normalized spacial score (nSPS) is 22.2. The lowest BCUT2D eigenvalue weighted by molar-refractivity contribution is 0.102. The molecule has 4 nitrogen and oxygen atoms in total. The molecule has 0 radical (unpaired) electrons. The van der Waals surface area contributed by atoms with Gasteiger partial charge in [0.1, 0.15) is 18.0 Å². The van der Waals surface area contributed by atoms with E-state index in [-0.39, 0.29) is 0 Å². The van der Waals surface area contributed by atoms with E-state index in [0.29, 0.717) is 23.9 Å². The third-order valence-corrected chi connectivity index (χ3v) is 4.10. The van der Waals surface area contributed by atoms with Gasteiger partial charge in [-0.3, -0.25) is 0 Å².